The van der Waals surface area contributed by atoms with E-state index in [-0.39, 0.29) is 5.41 Å². The summed E-state index contributed by atoms with van der Waals surface area (Å²) in [7, 11) is 0. The minimum atomic E-state index is 0.173. The minimum absolute atomic E-state index is 0.173. The number of rotatable bonds is 11. The second kappa shape index (κ2) is 10.2. The Morgan fingerprint density at radius 1 is 1.00 bits per heavy atom. The van der Waals surface area contributed by atoms with Gasteiger partial charge in [0, 0.05) is 19.5 Å². The Morgan fingerprint density at radius 2 is 1.48 bits per heavy atom. The predicted octanol–water partition coefficient (Wildman–Crippen LogP) is 4.06. The first-order valence-electron chi connectivity index (χ1n) is 8.65. The molecule has 0 aliphatic heterocycles. The molecule has 0 atom stereocenters. The Morgan fingerprint density at radius 3 is 1.86 bits per heavy atom. The Labute approximate surface area is 132 Å². The third kappa shape index (κ3) is 10.8. The molecule has 1 amide bonds. The molecule has 0 rings (SSSR count). The maximum atomic E-state index is 12.5. The number of carbonyl (C=O) groups is 1. The summed E-state index contributed by atoms with van der Waals surface area (Å²) < 4.78 is 0. The van der Waals surface area contributed by atoms with Gasteiger partial charge in [-0.25, -0.2) is 0 Å². The average molecular weight is 299 g/mol. The summed E-state index contributed by atoms with van der Waals surface area (Å²) in [6.45, 7) is 15.8. The van der Waals surface area contributed by atoms with Crippen molar-refractivity contribution in [1.29, 1.82) is 0 Å². The van der Waals surface area contributed by atoms with Gasteiger partial charge in [0.2, 0.25) is 5.91 Å². The monoisotopic (exact) mass is 298 g/mol. The molecule has 0 aromatic heterocycles. The van der Waals surface area contributed by atoms with Crippen LogP contribution in [0.2, 0.25) is 0 Å². The molecule has 0 radical (unpaired) electrons. The zero-order valence-electron chi connectivity index (χ0n) is 15.2. The fraction of sp³-hybridized carbons (Fsp3) is 0.944. The van der Waals surface area contributed by atoms with E-state index in [0.29, 0.717) is 30.7 Å². The SMILES string of the molecule is CC(C)CCN(CCC(C)C)C(=O)CCC(C)(C)CCN. The van der Waals surface area contributed by atoms with Gasteiger partial charge < -0.3 is 10.6 Å². The second-order valence-corrected chi connectivity index (χ2v) is 7.95. The van der Waals surface area contributed by atoms with E-state index in [1.807, 2.05) is 0 Å². The normalized spacial score (nSPS) is 12.2. The molecule has 0 fully saturated rings. The van der Waals surface area contributed by atoms with E-state index in [1.54, 1.807) is 0 Å². The van der Waals surface area contributed by atoms with Gasteiger partial charge in [-0.1, -0.05) is 41.5 Å². The van der Waals surface area contributed by atoms with Crippen LogP contribution < -0.4 is 5.73 Å². The van der Waals surface area contributed by atoms with Crippen molar-refractivity contribution in [2.75, 3.05) is 19.6 Å². The highest BCUT2D eigenvalue weighted by Crippen LogP contribution is 2.26. The lowest BCUT2D eigenvalue weighted by Crippen LogP contribution is -2.34. The molecule has 0 aliphatic carbocycles. The third-order valence-corrected chi connectivity index (χ3v) is 4.14. The molecule has 0 aromatic carbocycles. The maximum absolute atomic E-state index is 12.5. The van der Waals surface area contributed by atoms with Crippen LogP contribution in [-0.4, -0.2) is 30.4 Å². The quantitative estimate of drug-likeness (QED) is 0.625. The van der Waals surface area contributed by atoms with Gasteiger partial charge in [-0.2, -0.15) is 0 Å². The summed E-state index contributed by atoms with van der Waals surface area (Å²) in [6, 6.07) is 0. The molecule has 2 N–H and O–H groups in total. The summed E-state index contributed by atoms with van der Waals surface area (Å²) in [5, 5.41) is 0. The van der Waals surface area contributed by atoms with Crippen molar-refractivity contribution in [2.24, 2.45) is 23.0 Å². The number of carbonyl (C=O) groups excluding carboxylic acids is 1. The number of hydrogen-bond acceptors (Lipinski definition) is 2. The highest BCUT2D eigenvalue weighted by Gasteiger charge is 2.21. The number of hydrogen-bond donors (Lipinski definition) is 1. The van der Waals surface area contributed by atoms with Crippen molar-refractivity contribution in [3.8, 4) is 0 Å². The summed E-state index contributed by atoms with van der Waals surface area (Å²) in [6.07, 6.45) is 4.76. The Kier molecular flexibility index (Phi) is 9.93. The zero-order chi connectivity index (χ0) is 16.5. The molecule has 0 heterocycles. The highest BCUT2D eigenvalue weighted by atomic mass is 16.2. The summed E-state index contributed by atoms with van der Waals surface area (Å²) >= 11 is 0. The van der Waals surface area contributed by atoms with Crippen molar-refractivity contribution in [1.82, 2.24) is 4.90 Å². The Hall–Kier alpha value is -0.570. The lowest BCUT2D eigenvalue weighted by Gasteiger charge is -2.28. The van der Waals surface area contributed by atoms with Crippen LogP contribution in [0.5, 0.6) is 0 Å². The van der Waals surface area contributed by atoms with Gasteiger partial charge in [0.15, 0.2) is 0 Å². The summed E-state index contributed by atoms with van der Waals surface area (Å²) in [4.78, 5) is 14.6. The molecule has 3 heteroatoms. The second-order valence-electron chi connectivity index (χ2n) is 7.95. The van der Waals surface area contributed by atoms with Gasteiger partial charge in [-0.3, -0.25) is 4.79 Å². The van der Waals surface area contributed by atoms with Crippen molar-refractivity contribution in [3.63, 3.8) is 0 Å². The molecule has 0 aliphatic rings. The van der Waals surface area contributed by atoms with Gasteiger partial charge in [0.05, 0.1) is 0 Å². The van der Waals surface area contributed by atoms with Crippen molar-refractivity contribution >= 4 is 5.91 Å². The largest absolute Gasteiger partial charge is 0.343 e. The van der Waals surface area contributed by atoms with E-state index >= 15 is 0 Å². The van der Waals surface area contributed by atoms with Crippen LogP contribution in [0.25, 0.3) is 0 Å². The topological polar surface area (TPSA) is 46.3 Å². The highest BCUT2D eigenvalue weighted by molar-refractivity contribution is 5.76. The number of nitrogens with two attached hydrogens (primary N) is 1. The predicted molar refractivity (Wildman–Crippen MR) is 92.2 cm³/mol. The fourth-order valence-corrected chi connectivity index (χ4v) is 2.31. The van der Waals surface area contributed by atoms with Crippen molar-refractivity contribution < 1.29 is 4.79 Å². The minimum Gasteiger partial charge on any atom is -0.343 e. The molecule has 0 bridgehead atoms. The molecular weight excluding hydrogens is 260 g/mol. The first-order chi connectivity index (χ1) is 9.68. The lowest BCUT2D eigenvalue weighted by molar-refractivity contribution is -0.132. The van der Waals surface area contributed by atoms with Gasteiger partial charge in [-0.15, -0.1) is 0 Å². The summed E-state index contributed by atoms with van der Waals surface area (Å²) in [5.41, 5.74) is 5.82. The van der Waals surface area contributed by atoms with Crippen LogP contribution in [-0.2, 0) is 4.79 Å². The first-order valence-corrected chi connectivity index (χ1v) is 8.65. The lowest BCUT2D eigenvalue weighted by atomic mass is 9.84. The smallest absolute Gasteiger partial charge is 0.222 e. The van der Waals surface area contributed by atoms with E-state index in [9.17, 15) is 4.79 Å². The van der Waals surface area contributed by atoms with Crippen LogP contribution >= 0.6 is 0 Å². The molecular formula is C18H38N2O. The van der Waals surface area contributed by atoms with E-state index in [2.05, 4.69) is 46.4 Å². The van der Waals surface area contributed by atoms with Gasteiger partial charge in [0.25, 0.3) is 0 Å². The van der Waals surface area contributed by atoms with Crippen LogP contribution in [0.15, 0.2) is 0 Å². The molecule has 0 unspecified atom stereocenters. The standard InChI is InChI=1S/C18H38N2O/c1-15(2)8-13-20(14-9-16(3)4)17(21)7-10-18(5,6)11-12-19/h15-16H,7-14,19H2,1-6H3. The average Bonchev–Trinajstić information content (AvgIpc) is 2.35. The maximum Gasteiger partial charge on any atom is 0.222 e. The van der Waals surface area contributed by atoms with E-state index in [1.165, 1.54) is 0 Å². The zero-order valence-corrected chi connectivity index (χ0v) is 15.2. The van der Waals surface area contributed by atoms with Crippen LogP contribution in [0.1, 0.15) is 73.6 Å². The Bertz CT molecular complexity index is 273. The molecule has 21 heavy (non-hydrogen) atoms. The first kappa shape index (κ1) is 20.4. The fourth-order valence-electron chi connectivity index (χ4n) is 2.31. The molecule has 0 saturated heterocycles. The van der Waals surface area contributed by atoms with Gasteiger partial charge >= 0.3 is 0 Å². The van der Waals surface area contributed by atoms with Crippen molar-refractivity contribution in [2.45, 2.75) is 73.6 Å². The molecule has 0 saturated carbocycles. The van der Waals surface area contributed by atoms with E-state index in [4.69, 9.17) is 5.73 Å². The van der Waals surface area contributed by atoms with E-state index < -0.39 is 0 Å². The van der Waals surface area contributed by atoms with Gasteiger partial charge in [0.1, 0.15) is 0 Å². The molecule has 3 nitrogen and oxygen atoms in total. The summed E-state index contributed by atoms with van der Waals surface area (Å²) in [5.74, 6) is 1.61. The number of nitrogens with zero attached hydrogens (tertiary/aromatic N) is 1. The van der Waals surface area contributed by atoms with Gasteiger partial charge in [-0.05, 0) is 49.5 Å². The van der Waals surface area contributed by atoms with Crippen molar-refractivity contribution in [3.05, 3.63) is 0 Å². The third-order valence-electron chi connectivity index (χ3n) is 4.14. The molecule has 0 spiro atoms. The van der Waals surface area contributed by atoms with Crippen LogP contribution in [0.4, 0.5) is 0 Å². The van der Waals surface area contributed by atoms with Crippen LogP contribution in [0.3, 0.4) is 0 Å². The molecule has 126 valence electrons. The molecule has 0 aromatic rings. The Balaban J connectivity index is 4.41. The number of amides is 1. The van der Waals surface area contributed by atoms with Crippen LogP contribution in [0, 0.1) is 17.3 Å². The van der Waals surface area contributed by atoms with E-state index in [0.717, 1.165) is 38.8 Å².